The number of benzene rings is 1. The van der Waals surface area contributed by atoms with Crippen LogP contribution in [0.4, 0.5) is 10.2 Å². The lowest BCUT2D eigenvalue weighted by Gasteiger charge is -2.12. The zero-order valence-corrected chi connectivity index (χ0v) is 17.2. The van der Waals surface area contributed by atoms with Crippen LogP contribution in [0.15, 0.2) is 48.8 Å². The number of hydrogen-bond acceptors (Lipinski definition) is 6. The Hall–Kier alpha value is -3.39. The van der Waals surface area contributed by atoms with E-state index in [1.54, 1.807) is 43.4 Å². The van der Waals surface area contributed by atoms with Gasteiger partial charge in [-0.15, -0.1) is 0 Å². The first-order valence-corrected chi connectivity index (χ1v) is 9.53. The standard InChI is InChI=1S/C21H19ClFN5O2/c1-29-15-6-5-13(18(9-15)30-2)10-25-21-20-14(8-19(22)26-21)11-28(27-20)12-17-16(23)4-3-7-24-17/h3-9,11H,10,12H2,1-2H3,(H,25,26). The fraction of sp³-hybridized carbons (Fsp3) is 0.190. The molecule has 1 aromatic carbocycles. The average Bonchev–Trinajstić information content (AvgIpc) is 3.15. The molecule has 0 aliphatic heterocycles. The second-order valence-electron chi connectivity index (χ2n) is 6.52. The molecule has 30 heavy (non-hydrogen) atoms. The van der Waals surface area contributed by atoms with E-state index in [-0.39, 0.29) is 12.4 Å². The van der Waals surface area contributed by atoms with Crippen molar-refractivity contribution >= 4 is 28.3 Å². The summed E-state index contributed by atoms with van der Waals surface area (Å²) in [6.07, 6.45) is 3.34. The molecule has 3 heterocycles. The number of fused-ring (bicyclic) bond motifs is 1. The number of pyridine rings is 2. The third kappa shape index (κ3) is 4.13. The third-order valence-corrected chi connectivity index (χ3v) is 4.79. The van der Waals surface area contributed by atoms with Gasteiger partial charge in [0.2, 0.25) is 0 Å². The zero-order valence-electron chi connectivity index (χ0n) is 16.4. The maximum Gasteiger partial charge on any atom is 0.156 e. The van der Waals surface area contributed by atoms with E-state index in [2.05, 4.69) is 20.4 Å². The Morgan fingerprint density at radius 1 is 1.17 bits per heavy atom. The molecule has 0 saturated carbocycles. The van der Waals surface area contributed by atoms with Gasteiger partial charge >= 0.3 is 0 Å². The summed E-state index contributed by atoms with van der Waals surface area (Å²) >= 11 is 6.20. The van der Waals surface area contributed by atoms with Crippen LogP contribution in [-0.4, -0.2) is 34.0 Å². The molecule has 7 nitrogen and oxygen atoms in total. The molecule has 154 valence electrons. The highest BCUT2D eigenvalue weighted by Crippen LogP contribution is 2.28. The van der Waals surface area contributed by atoms with Crippen LogP contribution in [0.1, 0.15) is 11.3 Å². The van der Waals surface area contributed by atoms with Crippen LogP contribution in [0.3, 0.4) is 0 Å². The molecule has 0 aliphatic rings. The zero-order chi connectivity index (χ0) is 21.1. The lowest BCUT2D eigenvalue weighted by molar-refractivity contribution is 0.391. The Morgan fingerprint density at radius 3 is 2.80 bits per heavy atom. The van der Waals surface area contributed by atoms with E-state index < -0.39 is 0 Å². The van der Waals surface area contributed by atoms with E-state index in [1.807, 2.05) is 18.2 Å². The highest BCUT2D eigenvalue weighted by molar-refractivity contribution is 6.30. The second-order valence-corrected chi connectivity index (χ2v) is 6.91. The Kier molecular flexibility index (Phi) is 5.67. The molecule has 3 aromatic heterocycles. The quantitative estimate of drug-likeness (QED) is 0.443. The van der Waals surface area contributed by atoms with Crippen LogP contribution in [0, 0.1) is 5.82 Å². The Bertz CT molecular complexity index is 1200. The molecule has 0 fully saturated rings. The number of aromatic nitrogens is 4. The number of methoxy groups -OCH3 is 2. The molecule has 1 N–H and O–H groups in total. The normalized spacial score (nSPS) is 10.9. The lowest BCUT2D eigenvalue weighted by atomic mass is 10.2. The van der Waals surface area contributed by atoms with Gasteiger partial charge in [0.25, 0.3) is 0 Å². The molecule has 4 aromatic rings. The predicted octanol–water partition coefficient (Wildman–Crippen LogP) is 4.30. The smallest absolute Gasteiger partial charge is 0.156 e. The van der Waals surface area contributed by atoms with Gasteiger partial charge in [0.05, 0.1) is 26.5 Å². The Balaban J connectivity index is 1.61. The summed E-state index contributed by atoms with van der Waals surface area (Å²) in [5, 5.41) is 8.93. The van der Waals surface area contributed by atoms with Crippen molar-refractivity contribution in [3.63, 3.8) is 0 Å². The molecule has 0 spiro atoms. The number of hydrogen-bond donors (Lipinski definition) is 1. The number of nitrogens with zero attached hydrogens (tertiary/aromatic N) is 4. The van der Waals surface area contributed by atoms with Gasteiger partial charge in [0, 0.05) is 36.0 Å². The summed E-state index contributed by atoms with van der Waals surface area (Å²) < 4.78 is 26.2. The Labute approximate surface area is 177 Å². The first-order chi connectivity index (χ1) is 14.6. The molecule has 9 heteroatoms. The summed E-state index contributed by atoms with van der Waals surface area (Å²) in [6, 6.07) is 10.2. The van der Waals surface area contributed by atoms with Crippen LogP contribution in [0.5, 0.6) is 11.5 Å². The first kappa shape index (κ1) is 19.9. The predicted molar refractivity (Wildman–Crippen MR) is 113 cm³/mol. The van der Waals surface area contributed by atoms with Crippen LogP contribution in [0.25, 0.3) is 10.9 Å². The van der Waals surface area contributed by atoms with Crippen molar-refractivity contribution in [2.24, 2.45) is 0 Å². The van der Waals surface area contributed by atoms with Crippen molar-refractivity contribution in [2.45, 2.75) is 13.1 Å². The number of halogens is 2. The molecule has 0 atom stereocenters. The van der Waals surface area contributed by atoms with Crippen molar-refractivity contribution < 1.29 is 13.9 Å². The van der Waals surface area contributed by atoms with E-state index >= 15 is 0 Å². The number of ether oxygens (including phenoxy) is 2. The summed E-state index contributed by atoms with van der Waals surface area (Å²) in [4.78, 5) is 8.44. The minimum atomic E-state index is -0.377. The Morgan fingerprint density at radius 2 is 2.03 bits per heavy atom. The molecular weight excluding hydrogens is 409 g/mol. The first-order valence-electron chi connectivity index (χ1n) is 9.15. The van der Waals surface area contributed by atoms with Crippen LogP contribution >= 0.6 is 11.6 Å². The second kappa shape index (κ2) is 8.54. The fourth-order valence-corrected chi connectivity index (χ4v) is 3.32. The van der Waals surface area contributed by atoms with Gasteiger partial charge in [0.1, 0.15) is 28.0 Å². The number of rotatable bonds is 7. The summed E-state index contributed by atoms with van der Waals surface area (Å²) in [7, 11) is 3.21. The summed E-state index contributed by atoms with van der Waals surface area (Å²) in [5.74, 6) is 1.55. The SMILES string of the molecule is COc1ccc(CNc2nc(Cl)cc3cn(Cc4ncccc4F)nc23)c(OC)c1. The molecule has 0 radical (unpaired) electrons. The molecule has 0 amide bonds. The highest BCUT2D eigenvalue weighted by atomic mass is 35.5. The maximum atomic E-state index is 13.9. The highest BCUT2D eigenvalue weighted by Gasteiger charge is 2.13. The van der Waals surface area contributed by atoms with Crippen LogP contribution in [-0.2, 0) is 13.1 Å². The van der Waals surface area contributed by atoms with E-state index in [9.17, 15) is 4.39 Å². The van der Waals surface area contributed by atoms with Crippen molar-refractivity contribution in [3.05, 3.63) is 71.0 Å². The average molecular weight is 428 g/mol. The largest absolute Gasteiger partial charge is 0.497 e. The van der Waals surface area contributed by atoms with Crippen LogP contribution in [0.2, 0.25) is 5.15 Å². The van der Waals surface area contributed by atoms with E-state index in [0.717, 1.165) is 10.9 Å². The molecule has 4 rings (SSSR count). The van der Waals surface area contributed by atoms with Crippen molar-refractivity contribution in [3.8, 4) is 11.5 Å². The molecule has 0 aliphatic carbocycles. The molecule has 0 unspecified atom stereocenters. The van der Waals surface area contributed by atoms with E-state index in [4.69, 9.17) is 21.1 Å². The topological polar surface area (TPSA) is 74.1 Å². The van der Waals surface area contributed by atoms with Gasteiger partial charge in [-0.25, -0.2) is 9.37 Å². The van der Waals surface area contributed by atoms with Crippen molar-refractivity contribution in [1.82, 2.24) is 19.7 Å². The van der Waals surface area contributed by atoms with Gasteiger partial charge in [-0.1, -0.05) is 11.6 Å². The molecule has 0 saturated heterocycles. The van der Waals surface area contributed by atoms with Gasteiger partial charge in [-0.2, -0.15) is 5.10 Å². The fourth-order valence-electron chi connectivity index (χ4n) is 3.12. The van der Waals surface area contributed by atoms with Gasteiger partial charge in [0.15, 0.2) is 5.82 Å². The summed E-state index contributed by atoms with van der Waals surface area (Å²) in [5.41, 5.74) is 1.85. The molecule has 0 bridgehead atoms. The van der Waals surface area contributed by atoms with E-state index in [0.29, 0.717) is 40.2 Å². The van der Waals surface area contributed by atoms with Crippen molar-refractivity contribution in [2.75, 3.05) is 19.5 Å². The third-order valence-electron chi connectivity index (χ3n) is 4.59. The number of anilines is 1. The maximum absolute atomic E-state index is 13.9. The van der Waals surface area contributed by atoms with Gasteiger partial charge in [-0.05, 0) is 30.3 Å². The monoisotopic (exact) mass is 427 g/mol. The minimum absolute atomic E-state index is 0.199. The van der Waals surface area contributed by atoms with Gasteiger partial charge in [-0.3, -0.25) is 9.67 Å². The van der Waals surface area contributed by atoms with Crippen LogP contribution < -0.4 is 14.8 Å². The lowest BCUT2D eigenvalue weighted by Crippen LogP contribution is -2.06. The summed E-state index contributed by atoms with van der Waals surface area (Å²) in [6.45, 7) is 0.641. The van der Waals surface area contributed by atoms with Crippen molar-refractivity contribution in [1.29, 1.82) is 0 Å². The van der Waals surface area contributed by atoms with Gasteiger partial charge < -0.3 is 14.8 Å². The molecular formula is C21H19ClFN5O2. The number of nitrogens with one attached hydrogen (secondary N) is 1. The van der Waals surface area contributed by atoms with E-state index in [1.165, 1.54) is 6.07 Å². The minimum Gasteiger partial charge on any atom is -0.497 e.